The van der Waals surface area contributed by atoms with Crippen molar-refractivity contribution in [3.8, 4) is 0 Å². The molecular formula is C12H29IN4. The maximum atomic E-state index is 4.54. The summed E-state index contributed by atoms with van der Waals surface area (Å²) in [4.78, 5) is 6.73. The van der Waals surface area contributed by atoms with Crippen LogP contribution in [0.2, 0.25) is 0 Å². The van der Waals surface area contributed by atoms with Gasteiger partial charge < -0.3 is 15.5 Å². The minimum absolute atomic E-state index is 0. The lowest BCUT2D eigenvalue weighted by atomic mass is 10.3. The second kappa shape index (κ2) is 12.4. The molecule has 0 fully saturated rings. The number of aliphatic imine (C=N–C) groups is 1. The molecular weight excluding hydrogens is 327 g/mol. The molecule has 0 amide bonds. The fraction of sp³-hybridized carbons (Fsp3) is 0.917. The van der Waals surface area contributed by atoms with Crippen LogP contribution in [-0.2, 0) is 0 Å². The second-order valence-electron chi connectivity index (χ2n) is 4.37. The molecule has 0 spiro atoms. The highest BCUT2D eigenvalue weighted by Gasteiger charge is 2.01. The first-order valence-corrected chi connectivity index (χ1v) is 6.29. The van der Waals surface area contributed by atoms with E-state index in [2.05, 4.69) is 55.4 Å². The molecule has 17 heavy (non-hydrogen) atoms. The molecule has 0 rings (SSSR count). The van der Waals surface area contributed by atoms with E-state index in [1.165, 1.54) is 0 Å². The Bertz CT molecular complexity index is 195. The summed E-state index contributed by atoms with van der Waals surface area (Å²) in [5.41, 5.74) is 0. The zero-order valence-electron chi connectivity index (χ0n) is 11.9. The van der Waals surface area contributed by atoms with Gasteiger partial charge in [0.1, 0.15) is 0 Å². The van der Waals surface area contributed by atoms with Gasteiger partial charge in [0.15, 0.2) is 5.96 Å². The number of nitrogens with one attached hydrogen (secondary N) is 2. The van der Waals surface area contributed by atoms with E-state index in [1.807, 2.05) is 0 Å². The van der Waals surface area contributed by atoms with E-state index in [0.29, 0.717) is 6.04 Å². The topological polar surface area (TPSA) is 39.7 Å². The highest BCUT2D eigenvalue weighted by Crippen LogP contribution is 1.89. The zero-order chi connectivity index (χ0) is 12.4. The molecule has 0 aliphatic rings. The van der Waals surface area contributed by atoms with Crippen LogP contribution in [0.1, 0.15) is 33.6 Å². The quantitative estimate of drug-likeness (QED) is 0.317. The van der Waals surface area contributed by atoms with Gasteiger partial charge in [-0.1, -0.05) is 6.92 Å². The van der Waals surface area contributed by atoms with Gasteiger partial charge in [0, 0.05) is 19.1 Å². The molecule has 1 unspecified atom stereocenters. The second-order valence-corrected chi connectivity index (χ2v) is 4.37. The van der Waals surface area contributed by atoms with Crippen LogP contribution in [0.3, 0.4) is 0 Å². The Morgan fingerprint density at radius 3 is 2.41 bits per heavy atom. The molecule has 0 aromatic carbocycles. The Morgan fingerprint density at radius 2 is 1.94 bits per heavy atom. The summed E-state index contributed by atoms with van der Waals surface area (Å²) >= 11 is 0. The Kier molecular flexibility index (Phi) is 14.1. The third-order valence-electron chi connectivity index (χ3n) is 2.37. The zero-order valence-corrected chi connectivity index (χ0v) is 14.2. The first kappa shape index (κ1) is 19.3. The molecule has 0 radical (unpaired) electrons. The summed E-state index contributed by atoms with van der Waals surface area (Å²) in [6, 6.07) is 0.478. The summed E-state index contributed by atoms with van der Waals surface area (Å²) in [6.07, 6.45) is 2.21. The molecule has 0 aromatic rings. The van der Waals surface area contributed by atoms with Crippen LogP contribution in [-0.4, -0.2) is 50.6 Å². The van der Waals surface area contributed by atoms with Crippen molar-refractivity contribution in [3.05, 3.63) is 0 Å². The summed E-state index contributed by atoms with van der Waals surface area (Å²) in [6.45, 7) is 9.32. The third-order valence-corrected chi connectivity index (χ3v) is 2.37. The van der Waals surface area contributed by atoms with E-state index < -0.39 is 0 Å². The standard InChI is InChI=1S/C12H28N4.HI/c1-6-11(3)15-12(13-7-2)14-9-8-10-16(4)5;/h11H,6-10H2,1-5H3,(H2,13,14,15);1H. The van der Waals surface area contributed by atoms with Crippen molar-refractivity contribution < 1.29 is 0 Å². The van der Waals surface area contributed by atoms with Gasteiger partial charge in [-0.3, -0.25) is 4.99 Å². The molecule has 0 aromatic heterocycles. The monoisotopic (exact) mass is 356 g/mol. The lowest BCUT2D eigenvalue weighted by Crippen LogP contribution is -2.42. The van der Waals surface area contributed by atoms with Gasteiger partial charge in [0.2, 0.25) is 0 Å². The van der Waals surface area contributed by atoms with Gasteiger partial charge in [0.05, 0.1) is 0 Å². The van der Waals surface area contributed by atoms with E-state index in [1.54, 1.807) is 0 Å². The first-order valence-electron chi connectivity index (χ1n) is 6.29. The third kappa shape index (κ3) is 12.2. The van der Waals surface area contributed by atoms with E-state index in [9.17, 15) is 0 Å². The van der Waals surface area contributed by atoms with Crippen molar-refractivity contribution in [3.63, 3.8) is 0 Å². The largest absolute Gasteiger partial charge is 0.357 e. The molecule has 0 bridgehead atoms. The Hall–Kier alpha value is -0.0400. The molecule has 0 heterocycles. The van der Waals surface area contributed by atoms with Crippen LogP contribution in [0.15, 0.2) is 4.99 Å². The number of hydrogen-bond donors (Lipinski definition) is 2. The molecule has 1 atom stereocenters. The van der Waals surface area contributed by atoms with Crippen molar-refractivity contribution in [2.75, 3.05) is 33.7 Å². The van der Waals surface area contributed by atoms with E-state index in [4.69, 9.17) is 0 Å². The van der Waals surface area contributed by atoms with Crippen molar-refractivity contribution in [1.29, 1.82) is 0 Å². The molecule has 0 aliphatic carbocycles. The van der Waals surface area contributed by atoms with Crippen molar-refractivity contribution >= 4 is 29.9 Å². The number of guanidine groups is 1. The minimum Gasteiger partial charge on any atom is -0.357 e. The highest BCUT2D eigenvalue weighted by atomic mass is 127. The van der Waals surface area contributed by atoms with Gasteiger partial charge in [0.25, 0.3) is 0 Å². The molecule has 4 nitrogen and oxygen atoms in total. The average molecular weight is 356 g/mol. The molecule has 0 saturated carbocycles. The number of hydrogen-bond acceptors (Lipinski definition) is 2. The first-order chi connectivity index (χ1) is 7.60. The molecule has 0 aliphatic heterocycles. The fourth-order valence-corrected chi connectivity index (χ4v) is 1.23. The Labute approximate surface area is 124 Å². The van der Waals surface area contributed by atoms with Crippen LogP contribution < -0.4 is 10.6 Å². The summed E-state index contributed by atoms with van der Waals surface area (Å²) < 4.78 is 0. The number of rotatable bonds is 7. The normalized spacial score (nSPS) is 13.2. The minimum atomic E-state index is 0. The van der Waals surface area contributed by atoms with Gasteiger partial charge in [-0.05, 0) is 47.3 Å². The van der Waals surface area contributed by atoms with Crippen LogP contribution >= 0.6 is 24.0 Å². The van der Waals surface area contributed by atoms with Crippen LogP contribution in [0.4, 0.5) is 0 Å². The van der Waals surface area contributed by atoms with Crippen molar-refractivity contribution in [2.24, 2.45) is 4.99 Å². The van der Waals surface area contributed by atoms with Crippen LogP contribution in [0, 0.1) is 0 Å². The van der Waals surface area contributed by atoms with Gasteiger partial charge in [-0.15, -0.1) is 24.0 Å². The summed E-state index contributed by atoms with van der Waals surface area (Å²) in [5.74, 6) is 0.940. The lowest BCUT2D eigenvalue weighted by Gasteiger charge is -2.16. The summed E-state index contributed by atoms with van der Waals surface area (Å²) in [5, 5.41) is 6.64. The molecule has 2 N–H and O–H groups in total. The van der Waals surface area contributed by atoms with Gasteiger partial charge in [-0.2, -0.15) is 0 Å². The molecule has 5 heteroatoms. The van der Waals surface area contributed by atoms with Gasteiger partial charge >= 0.3 is 0 Å². The van der Waals surface area contributed by atoms with Crippen molar-refractivity contribution in [1.82, 2.24) is 15.5 Å². The Balaban J connectivity index is 0. The molecule has 0 saturated heterocycles. The summed E-state index contributed by atoms with van der Waals surface area (Å²) in [7, 11) is 4.18. The van der Waals surface area contributed by atoms with E-state index in [0.717, 1.165) is 38.4 Å². The molecule has 104 valence electrons. The van der Waals surface area contributed by atoms with Crippen molar-refractivity contribution in [2.45, 2.75) is 39.7 Å². The Morgan fingerprint density at radius 1 is 1.29 bits per heavy atom. The lowest BCUT2D eigenvalue weighted by molar-refractivity contribution is 0.403. The fourth-order valence-electron chi connectivity index (χ4n) is 1.23. The van der Waals surface area contributed by atoms with E-state index in [-0.39, 0.29) is 24.0 Å². The van der Waals surface area contributed by atoms with E-state index >= 15 is 0 Å². The van der Waals surface area contributed by atoms with Crippen LogP contribution in [0.5, 0.6) is 0 Å². The average Bonchev–Trinajstić information content (AvgIpc) is 2.24. The number of halogens is 1. The van der Waals surface area contributed by atoms with Gasteiger partial charge in [-0.25, -0.2) is 0 Å². The predicted molar refractivity (Wildman–Crippen MR) is 87.5 cm³/mol. The SMILES string of the molecule is CCNC(=NCCCN(C)C)NC(C)CC.I. The smallest absolute Gasteiger partial charge is 0.191 e. The predicted octanol–water partition coefficient (Wildman–Crippen LogP) is 1.91. The maximum absolute atomic E-state index is 4.54. The number of nitrogens with zero attached hydrogens (tertiary/aromatic N) is 2. The van der Waals surface area contributed by atoms with Crippen LogP contribution in [0.25, 0.3) is 0 Å². The highest BCUT2D eigenvalue weighted by molar-refractivity contribution is 14.0. The maximum Gasteiger partial charge on any atom is 0.191 e.